The Bertz CT molecular complexity index is 252. The third-order valence-corrected chi connectivity index (χ3v) is 4.96. The van der Waals surface area contributed by atoms with Crippen LogP contribution in [-0.4, -0.2) is 35.7 Å². The van der Waals surface area contributed by atoms with Crippen LogP contribution in [0.1, 0.15) is 45.4 Å². The van der Waals surface area contributed by atoms with Crippen LogP contribution in [-0.2, 0) is 9.53 Å². The minimum Gasteiger partial charge on any atom is -0.368 e. The van der Waals surface area contributed by atoms with Crippen LogP contribution >= 0.6 is 11.8 Å². The first kappa shape index (κ1) is 13.2. The molecule has 2 aliphatic rings. The van der Waals surface area contributed by atoms with Crippen LogP contribution in [0.4, 0.5) is 0 Å². The summed E-state index contributed by atoms with van der Waals surface area (Å²) in [6, 6.07) is 0.366. The highest BCUT2D eigenvalue weighted by molar-refractivity contribution is 7.99. The Hall–Kier alpha value is -0.220. The zero-order chi connectivity index (χ0) is 12.1. The van der Waals surface area contributed by atoms with Gasteiger partial charge in [0.1, 0.15) is 6.10 Å². The number of hydrogen-bond acceptors (Lipinski definition) is 3. The molecule has 0 radical (unpaired) electrons. The standard InChI is InChI=1S/C13H23NO2S/c1-2-17-12-8-4-3-6-10(12)14-13(15)11-7-5-9-16-11/h10-12H,2-9H2,1H3,(H,14,15). The van der Waals surface area contributed by atoms with Gasteiger partial charge in [-0.25, -0.2) is 0 Å². The third kappa shape index (κ3) is 3.62. The highest BCUT2D eigenvalue weighted by Gasteiger charge is 2.30. The highest BCUT2D eigenvalue weighted by Crippen LogP contribution is 2.29. The fourth-order valence-corrected chi connectivity index (χ4v) is 3.93. The lowest BCUT2D eigenvalue weighted by Crippen LogP contribution is -2.47. The fraction of sp³-hybridized carbons (Fsp3) is 0.923. The molecule has 2 rings (SSSR count). The molecule has 1 N–H and O–H groups in total. The summed E-state index contributed by atoms with van der Waals surface area (Å²) in [5.41, 5.74) is 0. The monoisotopic (exact) mass is 257 g/mol. The molecule has 0 aromatic heterocycles. The number of carbonyl (C=O) groups excluding carboxylic acids is 1. The first-order valence-corrected chi connectivity index (χ1v) is 7.89. The van der Waals surface area contributed by atoms with Crippen LogP contribution in [0, 0.1) is 0 Å². The Balaban J connectivity index is 1.84. The van der Waals surface area contributed by atoms with Crippen molar-refractivity contribution in [1.29, 1.82) is 0 Å². The molecule has 1 saturated carbocycles. The Kier molecular flexibility index (Phi) is 5.16. The number of carbonyl (C=O) groups is 1. The number of hydrogen-bond donors (Lipinski definition) is 1. The van der Waals surface area contributed by atoms with Gasteiger partial charge < -0.3 is 10.1 Å². The van der Waals surface area contributed by atoms with E-state index in [0.717, 1.165) is 31.6 Å². The van der Waals surface area contributed by atoms with E-state index in [2.05, 4.69) is 12.2 Å². The number of thioether (sulfide) groups is 1. The normalized spacial score (nSPS) is 33.6. The van der Waals surface area contributed by atoms with Crippen molar-refractivity contribution < 1.29 is 9.53 Å². The van der Waals surface area contributed by atoms with Crippen molar-refractivity contribution >= 4 is 17.7 Å². The van der Waals surface area contributed by atoms with Crippen molar-refractivity contribution in [3.63, 3.8) is 0 Å². The Morgan fingerprint density at radius 1 is 1.29 bits per heavy atom. The van der Waals surface area contributed by atoms with Gasteiger partial charge in [-0.05, 0) is 31.4 Å². The molecule has 0 spiro atoms. The van der Waals surface area contributed by atoms with Crippen LogP contribution in [0.15, 0.2) is 0 Å². The van der Waals surface area contributed by atoms with Gasteiger partial charge >= 0.3 is 0 Å². The minimum absolute atomic E-state index is 0.121. The molecular formula is C13H23NO2S. The molecule has 1 heterocycles. The van der Waals surface area contributed by atoms with E-state index in [1.807, 2.05) is 11.8 Å². The molecule has 3 atom stereocenters. The zero-order valence-electron chi connectivity index (χ0n) is 10.6. The van der Waals surface area contributed by atoms with E-state index in [1.165, 1.54) is 19.3 Å². The average Bonchev–Trinajstić information content (AvgIpc) is 2.85. The first-order chi connectivity index (χ1) is 8.31. The van der Waals surface area contributed by atoms with E-state index in [1.54, 1.807) is 0 Å². The highest BCUT2D eigenvalue weighted by atomic mass is 32.2. The summed E-state index contributed by atoms with van der Waals surface area (Å²) in [5.74, 6) is 1.26. The molecule has 4 heteroatoms. The van der Waals surface area contributed by atoms with Crippen LogP contribution < -0.4 is 5.32 Å². The van der Waals surface area contributed by atoms with Crippen molar-refractivity contribution in [1.82, 2.24) is 5.32 Å². The first-order valence-electron chi connectivity index (χ1n) is 6.85. The van der Waals surface area contributed by atoms with Crippen molar-refractivity contribution in [2.45, 2.75) is 62.8 Å². The summed E-state index contributed by atoms with van der Waals surface area (Å²) in [6.07, 6.45) is 6.68. The molecule has 0 aromatic rings. The molecule has 0 bridgehead atoms. The van der Waals surface area contributed by atoms with E-state index in [0.29, 0.717) is 11.3 Å². The quantitative estimate of drug-likeness (QED) is 0.840. The summed E-state index contributed by atoms with van der Waals surface area (Å²) in [6.45, 7) is 2.94. The maximum atomic E-state index is 12.0. The fourth-order valence-electron chi connectivity index (χ4n) is 2.74. The summed E-state index contributed by atoms with van der Waals surface area (Å²) in [4.78, 5) is 12.0. The number of rotatable bonds is 4. The minimum atomic E-state index is -0.177. The molecule has 1 aliphatic heterocycles. The van der Waals surface area contributed by atoms with Gasteiger partial charge in [-0.2, -0.15) is 11.8 Å². The SMILES string of the molecule is CCSC1CCCCC1NC(=O)C1CCCO1. The smallest absolute Gasteiger partial charge is 0.249 e. The predicted octanol–water partition coefficient (Wildman–Crippen LogP) is 2.35. The number of amides is 1. The molecular weight excluding hydrogens is 234 g/mol. The van der Waals surface area contributed by atoms with Crippen molar-refractivity contribution in [3.05, 3.63) is 0 Å². The van der Waals surface area contributed by atoms with Crippen LogP contribution in [0.5, 0.6) is 0 Å². The van der Waals surface area contributed by atoms with Gasteiger partial charge in [-0.1, -0.05) is 19.8 Å². The molecule has 3 nitrogen and oxygen atoms in total. The third-order valence-electron chi connectivity index (χ3n) is 3.63. The molecule has 1 saturated heterocycles. The van der Waals surface area contributed by atoms with Gasteiger partial charge in [0.15, 0.2) is 0 Å². The van der Waals surface area contributed by atoms with Gasteiger partial charge in [0, 0.05) is 17.9 Å². The van der Waals surface area contributed by atoms with Crippen LogP contribution in [0.25, 0.3) is 0 Å². The topological polar surface area (TPSA) is 38.3 Å². The molecule has 0 aromatic carbocycles. The maximum absolute atomic E-state index is 12.0. The zero-order valence-corrected chi connectivity index (χ0v) is 11.4. The lowest BCUT2D eigenvalue weighted by atomic mass is 9.94. The molecule has 1 aliphatic carbocycles. The van der Waals surface area contributed by atoms with E-state index < -0.39 is 0 Å². The number of ether oxygens (including phenoxy) is 1. The molecule has 17 heavy (non-hydrogen) atoms. The Morgan fingerprint density at radius 2 is 2.12 bits per heavy atom. The van der Waals surface area contributed by atoms with E-state index in [-0.39, 0.29) is 12.0 Å². The van der Waals surface area contributed by atoms with E-state index in [9.17, 15) is 4.79 Å². The molecule has 2 fully saturated rings. The lowest BCUT2D eigenvalue weighted by Gasteiger charge is -2.32. The maximum Gasteiger partial charge on any atom is 0.249 e. The molecule has 1 amide bonds. The summed E-state index contributed by atoms with van der Waals surface area (Å²) < 4.78 is 5.43. The van der Waals surface area contributed by atoms with E-state index >= 15 is 0 Å². The predicted molar refractivity (Wildman–Crippen MR) is 71.3 cm³/mol. The van der Waals surface area contributed by atoms with Gasteiger partial charge in [0.2, 0.25) is 5.91 Å². The molecule has 98 valence electrons. The largest absolute Gasteiger partial charge is 0.368 e. The second-order valence-electron chi connectivity index (χ2n) is 4.89. The van der Waals surface area contributed by atoms with Crippen LogP contribution in [0.3, 0.4) is 0 Å². The second kappa shape index (κ2) is 6.64. The van der Waals surface area contributed by atoms with Gasteiger partial charge in [-0.15, -0.1) is 0 Å². The average molecular weight is 257 g/mol. The van der Waals surface area contributed by atoms with Crippen molar-refractivity contribution in [3.8, 4) is 0 Å². The van der Waals surface area contributed by atoms with Crippen LogP contribution in [0.2, 0.25) is 0 Å². The van der Waals surface area contributed by atoms with Crippen molar-refractivity contribution in [2.24, 2.45) is 0 Å². The van der Waals surface area contributed by atoms with Gasteiger partial charge in [0.25, 0.3) is 0 Å². The molecule has 3 unspecified atom stereocenters. The van der Waals surface area contributed by atoms with E-state index in [4.69, 9.17) is 4.74 Å². The number of nitrogens with one attached hydrogen (secondary N) is 1. The second-order valence-corrected chi connectivity index (χ2v) is 6.41. The van der Waals surface area contributed by atoms with Gasteiger partial charge in [0.05, 0.1) is 0 Å². The Morgan fingerprint density at radius 3 is 2.82 bits per heavy atom. The van der Waals surface area contributed by atoms with Gasteiger partial charge in [-0.3, -0.25) is 4.79 Å². The Labute approximate surface area is 108 Å². The summed E-state index contributed by atoms with van der Waals surface area (Å²) in [5, 5.41) is 3.82. The summed E-state index contributed by atoms with van der Waals surface area (Å²) >= 11 is 1.99. The van der Waals surface area contributed by atoms with Crippen molar-refractivity contribution in [2.75, 3.05) is 12.4 Å². The summed E-state index contributed by atoms with van der Waals surface area (Å²) in [7, 11) is 0. The lowest BCUT2D eigenvalue weighted by molar-refractivity contribution is -0.130.